The first-order valence-electron chi connectivity index (χ1n) is 15.4. The molecule has 0 aliphatic carbocycles. The molecule has 244 valence electrons. The van der Waals surface area contributed by atoms with E-state index in [4.69, 9.17) is 14.9 Å². The molecule has 2 amide bonds. The Hall–Kier alpha value is -3.74. The van der Waals surface area contributed by atoms with Crippen molar-refractivity contribution in [2.24, 2.45) is 5.92 Å². The maximum Gasteiger partial charge on any atom is 0.254 e. The number of oxazole rings is 1. The number of nitrogens with two attached hydrogens (primary N) is 1. The number of nitrogens with one attached hydrogen (secondary N) is 1. The van der Waals surface area contributed by atoms with Crippen LogP contribution in [0.1, 0.15) is 83.9 Å². The Morgan fingerprint density at radius 1 is 1.13 bits per heavy atom. The van der Waals surface area contributed by atoms with Gasteiger partial charge in [-0.15, -0.1) is 0 Å². The second-order valence-electron chi connectivity index (χ2n) is 12.1. The molecule has 12 heteroatoms. The number of sulfonamides is 1. The lowest BCUT2D eigenvalue weighted by Gasteiger charge is -2.32. The van der Waals surface area contributed by atoms with Crippen LogP contribution >= 0.6 is 0 Å². The highest BCUT2D eigenvalue weighted by molar-refractivity contribution is 7.89. The van der Waals surface area contributed by atoms with Crippen LogP contribution in [0.5, 0.6) is 0 Å². The van der Waals surface area contributed by atoms with E-state index in [0.29, 0.717) is 24.4 Å². The SMILES string of the molecule is CCC(NC(=O)c1cc(N)cc(C(=O)N2CCCC2c2nc(C)co2)c1)C(CN(CC(C)C)S(=O)(=O)c1ccc(C)cc1)OC. The number of likely N-dealkylation sites (tertiary alicyclic amines) is 1. The average Bonchev–Trinajstić information content (AvgIpc) is 3.66. The van der Waals surface area contributed by atoms with Crippen LogP contribution in [-0.2, 0) is 14.8 Å². The highest BCUT2D eigenvalue weighted by atomic mass is 32.2. The van der Waals surface area contributed by atoms with Gasteiger partial charge in [0.2, 0.25) is 15.9 Å². The molecule has 1 saturated heterocycles. The van der Waals surface area contributed by atoms with Crippen molar-refractivity contribution >= 4 is 27.5 Å². The molecule has 0 radical (unpaired) electrons. The predicted octanol–water partition coefficient (Wildman–Crippen LogP) is 4.72. The first-order valence-corrected chi connectivity index (χ1v) is 16.8. The molecule has 4 rings (SSSR count). The second kappa shape index (κ2) is 14.6. The summed E-state index contributed by atoms with van der Waals surface area (Å²) in [6, 6.07) is 10.5. The van der Waals surface area contributed by atoms with E-state index in [1.54, 1.807) is 41.5 Å². The smallest absolute Gasteiger partial charge is 0.254 e. The lowest BCUT2D eigenvalue weighted by atomic mass is 10.0. The minimum Gasteiger partial charge on any atom is -0.446 e. The van der Waals surface area contributed by atoms with Crippen LogP contribution in [0, 0.1) is 19.8 Å². The van der Waals surface area contributed by atoms with E-state index >= 15 is 0 Å². The van der Waals surface area contributed by atoms with Gasteiger partial charge in [-0.05, 0) is 69.4 Å². The number of aromatic nitrogens is 1. The maximum atomic E-state index is 13.7. The number of carbonyl (C=O) groups is 2. The molecule has 0 spiro atoms. The molecule has 3 N–H and O–H groups in total. The van der Waals surface area contributed by atoms with Gasteiger partial charge in [-0.1, -0.05) is 38.5 Å². The fraction of sp³-hybridized carbons (Fsp3) is 0.485. The third kappa shape index (κ3) is 8.11. The molecule has 2 heterocycles. The normalized spacial score (nSPS) is 16.7. The fourth-order valence-corrected chi connectivity index (χ4v) is 7.29. The number of carbonyl (C=O) groups excluding carboxylic acids is 2. The van der Waals surface area contributed by atoms with E-state index in [9.17, 15) is 18.0 Å². The molecule has 45 heavy (non-hydrogen) atoms. The molecule has 1 fully saturated rings. The quantitative estimate of drug-likeness (QED) is 0.255. The number of nitrogens with zero attached hydrogens (tertiary/aromatic N) is 3. The molecule has 1 aliphatic heterocycles. The Morgan fingerprint density at radius 3 is 2.42 bits per heavy atom. The van der Waals surface area contributed by atoms with E-state index < -0.39 is 28.1 Å². The number of rotatable bonds is 13. The van der Waals surface area contributed by atoms with Gasteiger partial charge in [0, 0.05) is 43.6 Å². The van der Waals surface area contributed by atoms with Crippen LogP contribution in [-0.4, -0.2) is 73.3 Å². The fourth-order valence-electron chi connectivity index (χ4n) is 5.68. The van der Waals surface area contributed by atoms with E-state index in [-0.39, 0.29) is 47.1 Å². The van der Waals surface area contributed by atoms with Gasteiger partial charge in [0.1, 0.15) is 12.3 Å². The molecule has 0 saturated carbocycles. The van der Waals surface area contributed by atoms with Gasteiger partial charge in [-0.2, -0.15) is 4.31 Å². The molecule has 3 aromatic rings. The number of amides is 2. The van der Waals surface area contributed by atoms with E-state index in [2.05, 4.69) is 10.3 Å². The number of anilines is 1. The number of hydrogen-bond acceptors (Lipinski definition) is 8. The first kappa shape index (κ1) is 34.1. The summed E-state index contributed by atoms with van der Waals surface area (Å²) in [5.74, 6) is -0.151. The first-order chi connectivity index (χ1) is 21.3. The van der Waals surface area contributed by atoms with Gasteiger partial charge in [0.05, 0.1) is 22.7 Å². The Morgan fingerprint density at radius 2 is 1.82 bits per heavy atom. The minimum absolute atomic E-state index is 0.0426. The van der Waals surface area contributed by atoms with E-state index in [0.717, 1.165) is 24.1 Å². The molecule has 3 unspecified atom stereocenters. The van der Waals surface area contributed by atoms with Gasteiger partial charge >= 0.3 is 0 Å². The molecular weight excluding hydrogens is 594 g/mol. The van der Waals surface area contributed by atoms with Crippen molar-refractivity contribution in [1.82, 2.24) is 19.5 Å². The van der Waals surface area contributed by atoms with Crippen molar-refractivity contribution < 1.29 is 27.2 Å². The highest BCUT2D eigenvalue weighted by Crippen LogP contribution is 2.33. The third-order valence-electron chi connectivity index (χ3n) is 8.02. The zero-order chi connectivity index (χ0) is 32.9. The molecule has 0 bridgehead atoms. The summed E-state index contributed by atoms with van der Waals surface area (Å²) in [6.45, 7) is 10.4. The summed E-state index contributed by atoms with van der Waals surface area (Å²) in [5.41, 5.74) is 8.67. The van der Waals surface area contributed by atoms with Crippen LogP contribution in [0.4, 0.5) is 5.69 Å². The van der Waals surface area contributed by atoms with E-state index in [1.165, 1.54) is 23.5 Å². The van der Waals surface area contributed by atoms with Crippen molar-refractivity contribution in [2.75, 3.05) is 32.5 Å². The molecule has 2 aromatic carbocycles. The Labute approximate surface area is 266 Å². The standard InChI is InChI=1S/C33H45N5O6S/c1-7-28(30(43-6)19-37(18-21(2)3)45(41,42)27-12-10-22(4)11-13-27)36-31(39)24-15-25(17-26(34)16-24)33(40)38-14-8-9-29(38)32-35-23(5)20-44-32/h10-13,15-17,20-21,28-30H,7-9,14,18-19,34H2,1-6H3,(H,36,39). The number of methoxy groups -OCH3 is 1. The van der Waals surface area contributed by atoms with Gasteiger partial charge in [0.15, 0.2) is 0 Å². The lowest BCUT2D eigenvalue weighted by molar-refractivity contribution is 0.0468. The second-order valence-corrected chi connectivity index (χ2v) is 14.1. The zero-order valence-corrected chi connectivity index (χ0v) is 27.8. The maximum absolute atomic E-state index is 13.7. The van der Waals surface area contributed by atoms with Crippen molar-refractivity contribution in [1.29, 1.82) is 0 Å². The Balaban J connectivity index is 1.53. The van der Waals surface area contributed by atoms with Gasteiger partial charge in [-0.25, -0.2) is 13.4 Å². The van der Waals surface area contributed by atoms with Crippen LogP contribution in [0.2, 0.25) is 0 Å². The lowest BCUT2D eigenvalue weighted by Crippen LogP contribution is -2.50. The summed E-state index contributed by atoms with van der Waals surface area (Å²) in [4.78, 5) is 33.5. The predicted molar refractivity (Wildman–Crippen MR) is 172 cm³/mol. The Bertz CT molecular complexity index is 1590. The van der Waals surface area contributed by atoms with Gasteiger partial charge in [0.25, 0.3) is 11.8 Å². The molecule has 1 aromatic heterocycles. The monoisotopic (exact) mass is 639 g/mol. The molecule has 3 atom stereocenters. The zero-order valence-electron chi connectivity index (χ0n) is 26.9. The number of hydrogen-bond donors (Lipinski definition) is 2. The topological polar surface area (TPSA) is 148 Å². The van der Waals surface area contributed by atoms with E-state index in [1.807, 2.05) is 34.6 Å². The van der Waals surface area contributed by atoms with Crippen LogP contribution in [0.25, 0.3) is 0 Å². The van der Waals surface area contributed by atoms with Crippen LogP contribution in [0.15, 0.2) is 58.0 Å². The third-order valence-corrected chi connectivity index (χ3v) is 9.86. The summed E-state index contributed by atoms with van der Waals surface area (Å²) < 4.78 is 40.1. The highest BCUT2D eigenvalue weighted by Gasteiger charge is 2.35. The van der Waals surface area contributed by atoms with Crippen molar-refractivity contribution in [3.05, 3.63) is 77.0 Å². The number of benzene rings is 2. The van der Waals surface area contributed by atoms with Gasteiger partial charge < -0.3 is 25.1 Å². The van der Waals surface area contributed by atoms with Crippen molar-refractivity contribution in [3.63, 3.8) is 0 Å². The number of nitrogen functional groups attached to an aromatic ring is 1. The minimum atomic E-state index is -3.82. The Kier molecular flexibility index (Phi) is 11.1. The van der Waals surface area contributed by atoms with Crippen molar-refractivity contribution in [2.45, 2.75) is 77.0 Å². The summed E-state index contributed by atoms with van der Waals surface area (Å²) in [6.07, 6.45) is 2.93. The summed E-state index contributed by atoms with van der Waals surface area (Å²) in [5, 5.41) is 3.00. The van der Waals surface area contributed by atoms with Crippen LogP contribution < -0.4 is 11.1 Å². The largest absolute Gasteiger partial charge is 0.446 e. The van der Waals surface area contributed by atoms with Crippen molar-refractivity contribution in [3.8, 4) is 0 Å². The summed E-state index contributed by atoms with van der Waals surface area (Å²) >= 11 is 0. The molecular formula is C33H45N5O6S. The number of ether oxygens (including phenoxy) is 1. The summed E-state index contributed by atoms with van der Waals surface area (Å²) in [7, 11) is -2.32. The number of aryl methyl sites for hydroxylation is 2. The molecule has 1 aliphatic rings. The van der Waals surface area contributed by atoms with Gasteiger partial charge in [-0.3, -0.25) is 9.59 Å². The van der Waals surface area contributed by atoms with Crippen LogP contribution in [0.3, 0.4) is 0 Å². The average molecular weight is 640 g/mol. The molecule has 11 nitrogen and oxygen atoms in total.